The molecule has 2 aromatic carbocycles. The van der Waals surface area contributed by atoms with Gasteiger partial charge in [0.15, 0.2) is 5.65 Å². The standard InChI is InChI=1S/C27H32N6/c1-20(2)19-31-14-16-32(17-15-31)26-25-21(3)30-33(23-12-8-5-9-13-23)27(25)29-24(28-26)18-22-10-6-4-7-11-22/h4-13,20H,14-19H2,1-3H3. The first-order chi connectivity index (χ1) is 16.1. The Morgan fingerprint density at radius 2 is 1.52 bits per heavy atom. The normalized spacial score (nSPS) is 15.0. The van der Waals surface area contributed by atoms with Crippen LogP contribution >= 0.6 is 0 Å². The van der Waals surface area contributed by atoms with Gasteiger partial charge in [0, 0.05) is 39.1 Å². The molecule has 0 unspecified atom stereocenters. The molecule has 1 aliphatic rings. The SMILES string of the molecule is Cc1nn(-c2ccccc2)c2nc(Cc3ccccc3)nc(N3CCN(CC(C)C)CC3)c12. The van der Waals surface area contributed by atoms with Gasteiger partial charge in [-0.05, 0) is 30.5 Å². The molecule has 0 N–H and O–H groups in total. The number of rotatable bonds is 6. The summed E-state index contributed by atoms with van der Waals surface area (Å²) in [5, 5.41) is 5.96. The molecule has 0 spiro atoms. The van der Waals surface area contributed by atoms with Crippen molar-refractivity contribution in [1.29, 1.82) is 0 Å². The number of hydrogen-bond acceptors (Lipinski definition) is 5. The van der Waals surface area contributed by atoms with Crippen molar-refractivity contribution < 1.29 is 0 Å². The quantitative estimate of drug-likeness (QED) is 0.442. The summed E-state index contributed by atoms with van der Waals surface area (Å²) in [5.41, 5.74) is 4.10. The lowest BCUT2D eigenvalue weighted by Crippen LogP contribution is -2.47. The van der Waals surface area contributed by atoms with Crippen molar-refractivity contribution in [2.75, 3.05) is 37.6 Å². The largest absolute Gasteiger partial charge is 0.353 e. The van der Waals surface area contributed by atoms with Gasteiger partial charge in [-0.2, -0.15) is 5.10 Å². The predicted octanol–water partition coefficient (Wildman–Crippen LogP) is 4.49. The number of hydrogen-bond donors (Lipinski definition) is 0. The number of nitrogens with zero attached hydrogens (tertiary/aromatic N) is 6. The fraction of sp³-hybridized carbons (Fsp3) is 0.370. The van der Waals surface area contributed by atoms with Crippen LogP contribution in [-0.4, -0.2) is 57.4 Å². The number of para-hydroxylation sites is 1. The van der Waals surface area contributed by atoms with E-state index in [1.54, 1.807) is 0 Å². The van der Waals surface area contributed by atoms with Gasteiger partial charge in [-0.25, -0.2) is 14.6 Å². The lowest BCUT2D eigenvalue weighted by molar-refractivity contribution is 0.231. The van der Waals surface area contributed by atoms with Gasteiger partial charge in [-0.1, -0.05) is 62.4 Å². The zero-order valence-corrected chi connectivity index (χ0v) is 19.8. The Balaban J connectivity index is 1.57. The molecule has 1 fully saturated rings. The monoisotopic (exact) mass is 440 g/mol. The van der Waals surface area contributed by atoms with Gasteiger partial charge in [0.2, 0.25) is 0 Å². The van der Waals surface area contributed by atoms with Gasteiger partial charge in [0.05, 0.1) is 16.8 Å². The molecule has 0 atom stereocenters. The topological polar surface area (TPSA) is 50.1 Å². The summed E-state index contributed by atoms with van der Waals surface area (Å²) < 4.78 is 1.97. The van der Waals surface area contributed by atoms with Gasteiger partial charge >= 0.3 is 0 Å². The van der Waals surface area contributed by atoms with Crippen LogP contribution < -0.4 is 4.90 Å². The molecule has 2 aromatic heterocycles. The molecule has 4 aromatic rings. The molecule has 0 bridgehead atoms. The average Bonchev–Trinajstić information content (AvgIpc) is 3.16. The molecule has 0 amide bonds. The minimum absolute atomic E-state index is 0.686. The molecule has 1 aliphatic heterocycles. The van der Waals surface area contributed by atoms with E-state index in [4.69, 9.17) is 15.1 Å². The second kappa shape index (κ2) is 9.32. The summed E-state index contributed by atoms with van der Waals surface area (Å²) in [7, 11) is 0. The highest BCUT2D eigenvalue weighted by atomic mass is 15.3. The number of aromatic nitrogens is 4. The van der Waals surface area contributed by atoms with Gasteiger partial charge in [-0.3, -0.25) is 4.90 Å². The first-order valence-corrected chi connectivity index (χ1v) is 11.9. The summed E-state index contributed by atoms with van der Waals surface area (Å²) in [6, 6.07) is 20.7. The zero-order valence-electron chi connectivity index (χ0n) is 19.8. The van der Waals surface area contributed by atoms with Crippen molar-refractivity contribution in [2.24, 2.45) is 5.92 Å². The Kier molecular flexibility index (Phi) is 6.09. The summed E-state index contributed by atoms with van der Waals surface area (Å²) >= 11 is 0. The van der Waals surface area contributed by atoms with Gasteiger partial charge in [-0.15, -0.1) is 0 Å². The third-order valence-electron chi connectivity index (χ3n) is 6.23. The van der Waals surface area contributed by atoms with E-state index < -0.39 is 0 Å². The molecule has 0 aliphatic carbocycles. The van der Waals surface area contributed by atoms with E-state index in [0.29, 0.717) is 12.3 Å². The van der Waals surface area contributed by atoms with Crippen LogP contribution in [-0.2, 0) is 6.42 Å². The summed E-state index contributed by atoms with van der Waals surface area (Å²) in [5.74, 6) is 2.55. The van der Waals surface area contributed by atoms with E-state index in [9.17, 15) is 0 Å². The first-order valence-electron chi connectivity index (χ1n) is 11.9. The molecule has 3 heterocycles. The maximum Gasteiger partial charge on any atom is 0.169 e. The summed E-state index contributed by atoms with van der Waals surface area (Å²) in [4.78, 5) is 15.1. The van der Waals surface area contributed by atoms with E-state index >= 15 is 0 Å². The minimum Gasteiger partial charge on any atom is -0.353 e. The van der Waals surface area contributed by atoms with Crippen molar-refractivity contribution in [1.82, 2.24) is 24.6 Å². The zero-order chi connectivity index (χ0) is 22.8. The average molecular weight is 441 g/mol. The van der Waals surface area contributed by atoms with Crippen molar-refractivity contribution in [2.45, 2.75) is 27.2 Å². The van der Waals surface area contributed by atoms with Crippen LogP contribution in [0, 0.1) is 12.8 Å². The van der Waals surface area contributed by atoms with E-state index in [0.717, 1.165) is 66.8 Å². The highest BCUT2D eigenvalue weighted by Crippen LogP contribution is 2.30. The molecule has 6 nitrogen and oxygen atoms in total. The fourth-order valence-corrected chi connectivity index (χ4v) is 4.70. The third kappa shape index (κ3) is 4.62. The molecule has 170 valence electrons. The second-order valence-electron chi connectivity index (χ2n) is 9.34. The predicted molar refractivity (Wildman–Crippen MR) is 134 cm³/mol. The third-order valence-corrected chi connectivity index (χ3v) is 6.23. The van der Waals surface area contributed by atoms with E-state index in [1.807, 2.05) is 28.9 Å². The summed E-state index contributed by atoms with van der Waals surface area (Å²) in [6.45, 7) is 11.9. The highest BCUT2D eigenvalue weighted by Gasteiger charge is 2.25. The van der Waals surface area contributed by atoms with Crippen LogP contribution in [0.5, 0.6) is 0 Å². The molecule has 0 saturated carbocycles. The number of anilines is 1. The lowest BCUT2D eigenvalue weighted by atomic mass is 10.1. The van der Waals surface area contributed by atoms with Crippen molar-refractivity contribution >= 4 is 16.9 Å². The Bertz CT molecular complexity index is 1210. The molecular formula is C27H32N6. The smallest absolute Gasteiger partial charge is 0.169 e. The fourth-order valence-electron chi connectivity index (χ4n) is 4.70. The molecule has 0 radical (unpaired) electrons. The molecule has 33 heavy (non-hydrogen) atoms. The number of piperazine rings is 1. The Labute approximate surface area is 195 Å². The van der Waals surface area contributed by atoms with Crippen LogP contribution in [0.2, 0.25) is 0 Å². The lowest BCUT2D eigenvalue weighted by Gasteiger charge is -2.36. The Hall–Kier alpha value is -3.25. The van der Waals surface area contributed by atoms with Crippen molar-refractivity contribution in [3.05, 3.63) is 77.7 Å². The van der Waals surface area contributed by atoms with Crippen molar-refractivity contribution in [3.63, 3.8) is 0 Å². The highest BCUT2D eigenvalue weighted by molar-refractivity contribution is 5.91. The Morgan fingerprint density at radius 1 is 0.848 bits per heavy atom. The van der Waals surface area contributed by atoms with E-state index in [1.165, 1.54) is 5.56 Å². The molecule has 5 rings (SSSR count). The minimum atomic E-state index is 0.686. The van der Waals surface area contributed by atoms with Gasteiger partial charge in [0.1, 0.15) is 11.6 Å². The maximum atomic E-state index is 5.12. The molecule has 1 saturated heterocycles. The van der Waals surface area contributed by atoms with Crippen molar-refractivity contribution in [3.8, 4) is 5.69 Å². The Morgan fingerprint density at radius 3 is 2.18 bits per heavy atom. The maximum absolute atomic E-state index is 5.12. The van der Waals surface area contributed by atoms with E-state index in [-0.39, 0.29) is 0 Å². The second-order valence-corrected chi connectivity index (χ2v) is 9.34. The van der Waals surface area contributed by atoms with Gasteiger partial charge < -0.3 is 4.90 Å². The van der Waals surface area contributed by atoms with Gasteiger partial charge in [0.25, 0.3) is 0 Å². The van der Waals surface area contributed by atoms with Crippen LogP contribution in [0.1, 0.15) is 30.9 Å². The molecular weight excluding hydrogens is 408 g/mol. The number of aryl methyl sites for hydroxylation is 1. The first kappa shape index (κ1) is 21.6. The van der Waals surface area contributed by atoms with Crippen LogP contribution in [0.4, 0.5) is 5.82 Å². The van der Waals surface area contributed by atoms with E-state index in [2.05, 4.69) is 67.0 Å². The van der Waals surface area contributed by atoms with Crippen LogP contribution in [0.25, 0.3) is 16.7 Å². The van der Waals surface area contributed by atoms with Crippen LogP contribution in [0.3, 0.4) is 0 Å². The summed E-state index contributed by atoms with van der Waals surface area (Å²) in [6.07, 6.45) is 0.704. The molecule has 6 heteroatoms. The number of benzene rings is 2. The number of fused-ring (bicyclic) bond motifs is 1. The van der Waals surface area contributed by atoms with Crippen LogP contribution in [0.15, 0.2) is 60.7 Å².